The van der Waals surface area contributed by atoms with Gasteiger partial charge in [0.1, 0.15) is 30.2 Å². The predicted molar refractivity (Wildman–Crippen MR) is 85.8 cm³/mol. The first kappa shape index (κ1) is 23.0. The molecule has 6 atom stereocenters. The van der Waals surface area contributed by atoms with Gasteiger partial charge in [0.25, 0.3) is 0 Å². The van der Waals surface area contributed by atoms with Gasteiger partial charge in [-0.1, -0.05) is 0 Å². The highest BCUT2D eigenvalue weighted by atomic mass is 19.1. The normalized spacial score (nSPS) is 26.8. The van der Waals surface area contributed by atoms with Crippen LogP contribution in [0.25, 0.3) is 0 Å². The van der Waals surface area contributed by atoms with Gasteiger partial charge >= 0.3 is 11.7 Å². The Morgan fingerprint density at radius 3 is 2.37 bits per heavy atom. The molecule has 27 heavy (non-hydrogen) atoms. The number of nitrogens with zero attached hydrogens (tertiary/aromatic N) is 2. The Labute approximate surface area is 151 Å². The Hall–Kier alpha value is -2.00. The summed E-state index contributed by atoms with van der Waals surface area (Å²) in [6, 6.07) is -0.337. The molecule has 2 unspecified atom stereocenters. The smallest absolute Gasteiger partial charge is 0.351 e. The molecule has 154 valence electrons. The first-order valence-corrected chi connectivity index (χ1v) is 7.74. The number of hydrogen-bond acceptors (Lipinski definition) is 11. The number of aromatic nitrogens is 2. The SMILES string of the molecule is Nc1ccn([C@@H]2O[C@H](CO)[C@@H](O)[C@H]2O)c(=O)n1.O=C(F)CC(O)C(O)CO. The summed E-state index contributed by atoms with van der Waals surface area (Å²) in [7, 11) is 0. The van der Waals surface area contributed by atoms with Crippen LogP contribution in [0.4, 0.5) is 10.2 Å². The van der Waals surface area contributed by atoms with Crippen molar-refractivity contribution in [1.82, 2.24) is 9.55 Å². The molecule has 0 aromatic carbocycles. The van der Waals surface area contributed by atoms with Gasteiger partial charge in [0, 0.05) is 6.20 Å². The lowest BCUT2D eigenvalue weighted by atomic mass is 10.1. The zero-order valence-corrected chi connectivity index (χ0v) is 14.0. The van der Waals surface area contributed by atoms with Crippen LogP contribution in [0, 0.1) is 0 Å². The lowest BCUT2D eigenvalue weighted by Gasteiger charge is -2.16. The summed E-state index contributed by atoms with van der Waals surface area (Å²) < 4.78 is 17.6. The van der Waals surface area contributed by atoms with Crippen molar-refractivity contribution in [2.24, 2.45) is 0 Å². The molecule has 0 radical (unpaired) electrons. The first-order chi connectivity index (χ1) is 12.6. The number of aliphatic hydroxyl groups excluding tert-OH is 6. The number of carbonyl (C=O) groups excluding carboxylic acids is 1. The van der Waals surface area contributed by atoms with Crippen molar-refractivity contribution in [3.63, 3.8) is 0 Å². The minimum Gasteiger partial charge on any atom is -0.394 e. The Morgan fingerprint density at radius 2 is 1.93 bits per heavy atom. The minimum absolute atomic E-state index is 0.0537. The van der Waals surface area contributed by atoms with Crippen LogP contribution in [-0.4, -0.2) is 90.0 Å². The second-order valence-corrected chi connectivity index (χ2v) is 5.65. The van der Waals surface area contributed by atoms with E-state index in [2.05, 4.69) is 4.98 Å². The van der Waals surface area contributed by atoms with Crippen LogP contribution in [-0.2, 0) is 9.53 Å². The monoisotopic (exact) mass is 395 g/mol. The highest BCUT2D eigenvalue weighted by Crippen LogP contribution is 2.27. The molecule has 0 spiro atoms. The Kier molecular flexibility index (Phi) is 8.84. The number of carbonyl (C=O) groups is 1. The van der Waals surface area contributed by atoms with E-state index >= 15 is 0 Å². The van der Waals surface area contributed by atoms with Crippen molar-refractivity contribution in [1.29, 1.82) is 0 Å². The number of anilines is 1. The highest BCUT2D eigenvalue weighted by Gasteiger charge is 2.43. The summed E-state index contributed by atoms with van der Waals surface area (Å²) in [5.74, 6) is 0.0537. The number of nitrogens with two attached hydrogens (primary N) is 1. The standard InChI is InChI=1S/C9H13N3O5.C5H9FO4/c10-5-1-2-12(9(16)11-5)8-7(15)6(14)4(3-13)17-8;6-5(10)1-3(8)4(9)2-7/h1-2,4,6-8,13-15H,3H2,(H2,10,11,16);3-4,7-9H,1-2H2/t4-,6-,7-,8-;/m1./s1. The quantitative estimate of drug-likeness (QED) is 0.231. The van der Waals surface area contributed by atoms with Crippen LogP contribution in [0.1, 0.15) is 12.6 Å². The van der Waals surface area contributed by atoms with Crippen LogP contribution in [0.2, 0.25) is 0 Å². The number of halogens is 1. The van der Waals surface area contributed by atoms with E-state index in [-0.39, 0.29) is 5.82 Å². The fourth-order valence-electron chi connectivity index (χ4n) is 2.15. The number of rotatable bonds is 6. The molecule has 1 aliphatic rings. The second-order valence-electron chi connectivity index (χ2n) is 5.65. The zero-order valence-electron chi connectivity index (χ0n) is 14.0. The number of nitrogen functional groups attached to an aromatic ring is 1. The maximum Gasteiger partial charge on any atom is 0.351 e. The summed E-state index contributed by atoms with van der Waals surface area (Å²) in [6.45, 7) is -1.14. The summed E-state index contributed by atoms with van der Waals surface area (Å²) in [5.41, 5.74) is 4.63. The Balaban J connectivity index is 0.000000314. The van der Waals surface area contributed by atoms with Gasteiger partial charge < -0.3 is 41.1 Å². The third-order valence-corrected chi connectivity index (χ3v) is 3.64. The molecule has 8 N–H and O–H groups in total. The molecule has 1 saturated heterocycles. The molecule has 1 fully saturated rings. The van der Waals surface area contributed by atoms with E-state index in [4.69, 9.17) is 30.9 Å². The van der Waals surface area contributed by atoms with Crippen molar-refractivity contribution in [3.8, 4) is 0 Å². The molecule has 0 amide bonds. The molecule has 0 saturated carbocycles. The highest BCUT2D eigenvalue weighted by molar-refractivity contribution is 5.68. The average Bonchev–Trinajstić information content (AvgIpc) is 2.89. The molecular weight excluding hydrogens is 373 g/mol. The lowest BCUT2D eigenvalue weighted by molar-refractivity contribution is -0.133. The van der Waals surface area contributed by atoms with E-state index in [1.807, 2.05) is 0 Å². The molecular formula is C14H22FN3O9. The number of hydrogen-bond donors (Lipinski definition) is 7. The van der Waals surface area contributed by atoms with E-state index in [0.29, 0.717) is 0 Å². The first-order valence-electron chi connectivity index (χ1n) is 7.74. The molecule has 1 aromatic heterocycles. The van der Waals surface area contributed by atoms with Gasteiger partial charge in [0.2, 0.25) is 0 Å². The second kappa shape index (κ2) is 10.4. The Bertz CT molecular complexity index is 673. The van der Waals surface area contributed by atoms with Gasteiger partial charge in [0.05, 0.1) is 25.7 Å². The topological polar surface area (TPSA) is 209 Å². The molecule has 13 heteroatoms. The predicted octanol–water partition coefficient (Wildman–Crippen LogP) is -3.98. The van der Waals surface area contributed by atoms with Crippen molar-refractivity contribution in [2.75, 3.05) is 18.9 Å². The summed E-state index contributed by atoms with van der Waals surface area (Å²) in [5, 5.41) is 53.5. The third-order valence-electron chi connectivity index (χ3n) is 3.64. The van der Waals surface area contributed by atoms with Crippen LogP contribution in [0.15, 0.2) is 17.1 Å². The maximum absolute atomic E-state index is 11.5. The van der Waals surface area contributed by atoms with Crippen molar-refractivity contribution in [3.05, 3.63) is 22.7 Å². The van der Waals surface area contributed by atoms with Crippen molar-refractivity contribution >= 4 is 11.9 Å². The zero-order chi connectivity index (χ0) is 20.7. The van der Waals surface area contributed by atoms with Gasteiger partial charge in [-0.3, -0.25) is 9.36 Å². The van der Waals surface area contributed by atoms with Crippen molar-refractivity contribution in [2.45, 2.75) is 43.2 Å². The molecule has 2 rings (SSSR count). The summed E-state index contributed by atoms with van der Waals surface area (Å²) in [4.78, 5) is 24.6. The van der Waals surface area contributed by atoms with E-state index in [1.165, 1.54) is 12.3 Å². The fourth-order valence-corrected chi connectivity index (χ4v) is 2.15. The fraction of sp³-hybridized carbons (Fsp3) is 0.643. The third kappa shape index (κ3) is 6.28. The van der Waals surface area contributed by atoms with Gasteiger partial charge in [0.15, 0.2) is 6.23 Å². The number of aliphatic hydroxyl groups is 6. The van der Waals surface area contributed by atoms with Gasteiger partial charge in [-0.25, -0.2) is 4.79 Å². The molecule has 1 aliphatic heterocycles. The van der Waals surface area contributed by atoms with Crippen LogP contribution in [0.5, 0.6) is 0 Å². The van der Waals surface area contributed by atoms with Crippen LogP contribution in [0.3, 0.4) is 0 Å². The van der Waals surface area contributed by atoms with E-state index < -0.39 is 68.1 Å². The molecule has 12 nitrogen and oxygen atoms in total. The van der Waals surface area contributed by atoms with E-state index in [0.717, 1.165) is 4.57 Å². The van der Waals surface area contributed by atoms with E-state index in [1.54, 1.807) is 0 Å². The van der Waals surface area contributed by atoms with Gasteiger partial charge in [-0.2, -0.15) is 9.37 Å². The molecule has 0 aliphatic carbocycles. The Morgan fingerprint density at radius 1 is 1.30 bits per heavy atom. The van der Waals surface area contributed by atoms with Crippen LogP contribution < -0.4 is 11.4 Å². The lowest BCUT2D eigenvalue weighted by Crippen LogP contribution is -2.36. The molecule has 0 bridgehead atoms. The summed E-state index contributed by atoms with van der Waals surface area (Å²) >= 11 is 0. The van der Waals surface area contributed by atoms with Gasteiger partial charge in [-0.15, -0.1) is 0 Å². The maximum atomic E-state index is 11.5. The van der Waals surface area contributed by atoms with Gasteiger partial charge in [-0.05, 0) is 6.07 Å². The largest absolute Gasteiger partial charge is 0.394 e. The average molecular weight is 395 g/mol. The molecule has 1 aromatic rings. The minimum atomic E-state index is -1.71. The molecule has 2 heterocycles. The van der Waals surface area contributed by atoms with E-state index in [9.17, 15) is 24.2 Å². The summed E-state index contributed by atoms with van der Waals surface area (Å²) in [6.07, 6.45) is -7.00. The number of ether oxygens (including phenoxy) is 1. The van der Waals surface area contributed by atoms with Crippen molar-refractivity contribution < 1.29 is 44.6 Å². The van der Waals surface area contributed by atoms with Crippen LogP contribution >= 0.6 is 0 Å².